The van der Waals surface area contributed by atoms with Gasteiger partial charge in [-0.15, -0.1) is 23.5 Å². The number of thioether (sulfide) groups is 2. The topological polar surface area (TPSA) is 62.6 Å². The molecule has 0 radical (unpaired) electrons. The zero-order chi connectivity index (χ0) is 22.0. The normalized spacial score (nSPS) is 18.6. The molecule has 3 heterocycles. The lowest BCUT2D eigenvalue weighted by Crippen LogP contribution is -2.25. The predicted octanol–water partition coefficient (Wildman–Crippen LogP) is 5.94. The molecule has 2 aromatic carbocycles. The molecule has 1 saturated heterocycles. The van der Waals surface area contributed by atoms with Crippen LogP contribution in [0.25, 0.3) is 10.8 Å². The van der Waals surface area contributed by atoms with Crippen LogP contribution in [0.4, 0.5) is 11.4 Å². The molecule has 3 aliphatic rings. The van der Waals surface area contributed by atoms with Gasteiger partial charge in [0.15, 0.2) is 5.76 Å². The second kappa shape index (κ2) is 7.32. The highest BCUT2D eigenvalue weighted by Gasteiger charge is 2.45. The van der Waals surface area contributed by atoms with E-state index in [4.69, 9.17) is 4.42 Å². The average molecular weight is 465 g/mol. The highest BCUT2D eigenvalue weighted by Crippen LogP contribution is 2.59. The SMILES string of the molecule is CCN1C(=O)c2cccc3c(NC(=O)c4oc5c(c4C)C4(CCC5)SCCS4)ccc1c23. The van der Waals surface area contributed by atoms with Gasteiger partial charge in [0.1, 0.15) is 5.76 Å². The van der Waals surface area contributed by atoms with Crippen molar-refractivity contribution in [3.05, 3.63) is 58.5 Å². The van der Waals surface area contributed by atoms with Crippen LogP contribution in [0.5, 0.6) is 0 Å². The minimum absolute atomic E-state index is 0.0167. The Morgan fingerprint density at radius 1 is 1.22 bits per heavy atom. The van der Waals surface area contributed by atoms with Crippen molar-refractivity contribution in [2.45, 2.75) is 37.2 Å². The third-order valence-electron chi connectivity index (χ3n) is 6.82. The van der Waals surface area contributed by atoms with Gasteiger partial charge in [-0.3, -0.25) is 9.59 Å². The van der Waals surface area contributed by atoms with Crippen LogP contribution in [0.2, 0.25) is 0 Å². The number of anilines is 2. The first kappa shape index (κ1) is 20.2. The Hall–Kier alpha value is -2.38. The molecule has 0 unspecified atom stereocenters. The van der Waals surface area contributed by atoms with Crippen LogP contribution in [-0.2, 0) is 10.5 Å². The highest BCUT2D eigenvalue weighted by atomic mass is 32.2. The maximum absolute atomic E-state index is 13.4. The van der Waals surface area contributed by atoms with Gasteiger partial charge in [0, 0.05) is 57.6 Å². The lowest BCUT2D eigenvalue weighted by molar-refractivity contribution is 0.0987. The van der Waals surface area contributed by atoms with Crippen molar-refractivity contribution in [1.29, 1.82) is 0 Å². The smallest absolute Gasteiger partial charge is 0.291 e. The number of hydrogen-bond donors (Lipinski definition) is 1. The van der Waals surface area contributed by atoms with Gasteiger partial charge in [0.25, 0.3) is 11.8 Å². The second-order valence-electron chi connectivity index (χ2n) is 8.52. The molecular formula is C25H24N2O3S2. The average Bonchev–Trinajstić information content (AvgIpc) is 3.47. The maximum Gasteiger partial charge on any atom is 0.291 e. The van der Waals surface area contributed by atoms with Crippen LogP contribution in [-0.4, -0.2) is 29.9 Å². The summed E-state index contributed by atoms with van der Waals surface area (Å²) in [6, 6.07) is 9.52. The third kappa shape index (κ3) is 2.73. The fraction of sp³-hybridized carbons (Fsp3) is 0.360. The molecule has 0 atom stereocenters. The second-order valence-corrected chi connectivity index (χ2v) is 11.6. The van der Waals surface area contributed by atoms with Gasteiger partial charge in [-0.2, -0.15) is 0 Å². The van der Waals surface area contributed by atoms with Crippen molar-refractivity contribution >= 4 is 57.5 Å². The molecule has 7 heteroatoms. The summed E-state index contributed by atoms with van der Waals surface area (Å²) in [6.07, 6.45) is 3.12. The summed E-state index contributed by atoms with van der Waals surface area (Å²) in [7, 11) is 0. The molecule has 1 N–H and O–H groups in total. The maximum atomic E-state index is 13.4. The number of hydrogen-bond acceptors (Lipinski definition) is 5. The Bertz CT molecular complexity index is 1290. The molecule has 32 heavy (non-hydrogen) atoms. The minimum atomic E-state index is -0.225. The Balaban J connectivity index is 1.39. The van der Waals surface area contributed by atoms with E-state index in [1.807, 2.05) is 67.7 Å². The molecule has 1 aromatic heterocycles. The molecule has 0 saturated carbocycles. The van der Waals surface area contributed by atoms with Gasteiger partial charge in [-0.05, 0) is 44.9 Å². The lowest BCUT2D eigenvalue weighted by Gasteiger charge is -2.31. The summed E-state index contributed by atoms with van der Waals surface area (Å²) < 4.78 is 6.23. The van der Waals surface area contributed by atoms with E-state index in [1.54, 1.807) is 4.90 Å². The molecule has 6 rings (SSSR count). The van der Waals surface area contributed by atoms with Crippen molar-refractivity contribution in [2.75, 3.05) is 28.3 Å². The highest BCUT2D eigenvalue weighted by molar-refractivity contribution is 8.20. The molecule has 2 aliphatic heterocycles. The Labute approximate surface area is 195 Å². The number of nitrogens with one attached hydrogen (secondary N) is 1. The van der Waals surface area contributed by atoms with Gasteiger partial charge in [-0.1, -0.05) is 12.1 Å². The zero-order valence-electron chi connectivity index (χ0n) is 18.1. The van der Waals surface area contributed by atoms with Crippen LogP contribution in [0.3, 0.4) is 0 Å². The monoisotopic (exact) mass is 464 g/mol. The summed E-state index contributed by atoms with van der Waals surface area (Å²) in [5.41, 5.74) is 4.51. The Morgan fingerprint density at radius 3 is 2.81 bits per heavy atom. The number of carbonyl (C=O) groups is 2. The molecule has 1 spiro atoms. The summed E-state index contributed by atoms with van der Waals surface area (Å²) in [4.78, 5) is 27.9. The van der Waals surface area contributed by atoms with Crippen LogP contribution < -0.4 is 10.2 Å². The summed E-state index contributed by atoms with van der Waals surface area (Å²) >= 11 is 4.00. The van der Waals surface area contributed by atoms with Gasteiger partial charge in [0.2, 0.25) is 0 Å². The van der Waals surface area contributed by atoms with Gasteiger partial charge >= 0.3 is 0 Å². The number of amides is 2. The molecule has 164 valence electrons. The molecule has 1 aliphatic carbocycles. The fourth-order valence-corrected chi connectivity index (χ4v) is 9.02. The van der Waals surface area contributed by atoms with E-state index < -0.39 is 0 Å². The van der Waals surface area contributed by atoms with E-state index in [9.17, 15) is 9.59 Å². The van der Waals surface area contributed by atoms with E-state index >= 15 is 0 Å². The van der Waals surface area contributed by atoms with E-state index in [0.29, 0.717) is 23.6 Å². The van der Waals surface area contributed by atoms with Crippen molar-refractivity contribution < 1.29 is 14.0 Å². The number of fused-ring (bicyclic) bond motifs is 2. The number of benzene rings is 2. The first-order chi connectivity index (χ1) is 15.5. The Kier molecular flexibility index (Phi) is 4.63. The standard InChI is InChI=1S/C25H24N2O3S2/c1-3-27-18-10-9-17(15-6-4-7-16(20(15)18)24(27)29)26-23(28)22-14(2)21-19(30-22)8-5-11-25(21)31-12-13-32-25/h4,6-7,9-10H,3,5,8,11-13H2,1-2H3,(H,26,28). The summed E-state index contributed by atoms with van der Waals surface area (Å²) in [5, 5.41) is 4.87. The van der Waals surface area contributed by atoms with Gasteiger partial charge < -0.3 is 14.6 Å². The predicted molar refractivity (Wildman–Crippen MR) is 132 cm³/mol. The fourth-order valence-electron chi connectivity index (χ4n) is 5.46. The van der Waals surface area contributed by atoms with Crippen molar-refractivity contribution in [3.8, 4) is 0 Å². The number of carbonyl (C=O) groups excluding carboxylic acids is 2. The van der Waals surface area contributed by atoms with Crippen LogP contribution in [0, 0.1) is 6.92 Å². The molecule has 3 aromatic rings. The molecule has 1 fully saturated rings. The number of rotatable bonds is 3. The van der Waals surface area contributed by atoms with Crippen molar-refractivity contribution in [1.82, 2.24) is 0 Å². The van der Waals surface area contributed by atoms with E-state index in [2.05, 4.69) is 5.32 Å². The first-order valence-corrected chi connectivity index (χ1v) is 13.1. The molecule has 2 amide bonds. The van der Waals surface area contributed by atoms with Crippen molar-refractivity contribution in [3.63, 3.8) is 0 Å². The van der Waals surface area contributed by atoms with Crippen LogP contribution in [0.1, 0.15) is 57.6 Å². The third-order valence-corrected chi connectivity index (χ3v) is 10.4. The van der Waals surface area contributed by atoms with E-state index in [0.717, 1.165) is 58.6 Å². The quantitative estimate of drug-likeness (QED) is 0.519. The van der Waals surface area contributed by atoms with Crippen molar-refractivity contribution in [2.24, 2.45) is 0 Å². The summed E-state index contributed by atoms with van der Waals surface area (Å²) in [5.74, 6) is 3.47. The number of aryl methyl sites for hydroxylation is 1. The number of nitrogens with zero attached hydrogens (tertiary/aromatic N) is 1. The van der Waals surface area contributed by atoms with Crippen LogP contribution in [0.15, 0.2) is 34.7 Å². The minimum Gasteiger partial charge on any atom is -0.455 e. The van der Waals surface area contributed by atoms with Gasteiger partial charge in [0.05, 0.1) is 9.77 Å². The van der Waals surface area contributed by atoms with Gasteiger partial charge in [-0.25, -0.2) is 0 Å². The van der Waals surface area contributed by atoms with Crippen LogP contribution >= 0.6 is 23.5 Å². The first-order valence-electron chi connectivity index (χ1n) is 11.1. The Morgan fingerprint density at radius 2 is 2.03 bits per heavy atom. The number of furan rings is 1. The largest absolute Gasteiger partial charge is 0.455 e. The lowest BCUT2D eigenvalue weighted by atomic mass is 9.94. The molecular weight excluding hydrogens is 440 g/mol. The van der Waals surface area contributed by atoms with E-state index in [1.165, 1.54) is 5.56 Å². The summed E-state index contributed by atoms with van der Waals surface area (Å²) in [6.45, 7) is 4.61. The molecule has 5 nitrogen and oxygen atoms in total. The molecule has 0 bridgehead atoms. The van der Waals surface area contributed by atoms with E-state index in [-0.39, 0.29) is 15.9 Å². The zero-order valence-corrected chi connectivity index (χ0v) is 19.8.